The Morgan fingerprint density at radius 1 is 1.37 bits per heavy atom. The van der Waals surface area contributed by atoms with Gasteiger partial charge in [0.05, 0.1) is 12.7 Å². The zero-order valence-corrected chi connectivity index (χ0v) is 11.3. The van der Waals surface area contributed by atoms with Gasteiger partial charge >= 0.3 is 0 Å². The van der Waals surface area contributed by atoms with Gasteiger partial charge < -0.3 is 15.2 Å². The van der Waals surface area contributed by atoms with Crippen LogP contribution in [0.2, 0.25) is 0 Å². The van der Waals surface area contributed by atoms with Crippen LogP contribution in [0.15, 0.2) is 24.3 Å². The van der Waals surface area contributed by atoms with Gasteiger partial charge in [0, 0.05) is 11.6 Å². The minimum Gasteiger partial charge on any atom is -0.494 e. The molecule has 4 nitrogen and oxygen atoms in total. The predicted molar refractivity (Wildman–Crippen MR) is 73.3 cm³/mol. The molecule has 0 unspecified atom stereocenters. The van der Waals surface area contributed by atoms with E-state index in [-0.39, 0.29) is 18.1 Å². The number of benzene rings is 1. The Bertz CT molecular complexity index is 410. The maximum absolute atomic E-state index is 11.9. The van der Waals surface area contributed by atoms with Crippen molar-refractivity contribution < 1.29 is 14.6 Å². The molecule has 2 N–H and O–H groups in total. The van der Waals surface area contributed by atoms with Crippen molar-refractivity contribution in [2.24, 2.45) is 0 Å². The Hall–Kier alpha value is -1.55. The van der Waals surface area contributed by atoms with Gasteiger partial charge in [-0.05, 0) is 43.5 Å². The lowest BCUT2D eigenvalue weighted by Crippen LogP contribution is -2.46. The molecule has 1 amide bonds. The number of aliphatic hydroxyl groups excluding tert-OH is 1. The summed E-state index contributed by atoms with van der Waals surface area (Å²) in [6, 6.07) is 7.29. The van der Waals surface area contributed by atoms with Gasteiger partial charge in [-0.2, -0.15) is 0 Å². The van der Waals surface area contributed by atoms with Crippen molar-refractivity contribution >= 4 is 5.91 Å². The molecule has 1 saturated carbocycles. The lowest BCUT2D eigenvalue weighted by atomic mass is 9.89. The molecule has 19 heavy (non-hydrogen) atoms. The summed E-state index contributed by atoms with van der Waals surface area (Å²) >= 11 is 0. The van der Waals surface area contributed by atoms with Crippen LogP contribution in [-0.4, -0.2) is 29.8 Å². The number of hydrogen-bond donors (Lipinski definition) is 2. The first-order valence-corrected chi connectivity index (χ1v) is 6.91. The molecule has 0 atom stereocenters. The molecular weight excluding hydrogens is 242 g/mol. The highest BCUT2D eigenvalue weighted by atomic mass is 16.5. The second kappa shape index (κ2) is 6.57. The molecule has 0 spiro atoms. The number of rotatable bonds is 6. The van der Waals surface area contributed by atoms with E-state index < -0.39 is 0 Å². The molecule has 0 aliphatic heterocycles. The van der Waals surface area contributed by atoms with E-state index >= 15 is 0 Å². The Morgan fingerprint density at radius 2 is 2.05 bits per heavy atom. The fourth-order valence-corrected chi connectivity index (χ4v) is 2.01. The van der Waals surface area contributed by atoms with Gasteiger partial charge in [0.15, 0.2) is 0 Å². The maximum atomic E-state index is 11.9. The van der Waals surface area contributed by atoms with E-state index in [1.54, 1.807) is 12.1 Å². The number of carbonyl (C=O) groups is 1. The van der Waals surface area contributed by atoms with Crippen molar-refractivity contribution in [3.63, 3.8) is 0 Å². The average Bonchev–Trinajstić information content (AvgIpc) is 2.38. The normalized spacial score (nSPS) is 21.6. The fourth-order valence-electron chi connectivity index (χ4n) is 2.01. The van der Waals surface area contributed by atoms with Crippen LogP contribution in [0, 0.1) is 0 Å². The molecule has 2 rings (SSSR count). The van der Waals surface area contributed by atoms with Gasteiger partial charge in [-0.25, -0.2) is 0 Å². The molecule has 104 valence electrons. The molecule has 1 aromatic rings. The molecule has 1 aliphatic rings. The Morgan fingerprint density at radius 3 is 2.63 bits per heavy atom. The summed E-state index contributed by atoms with van der Waals surface area (Å²) in [7, 11) is 0. The SMILES string of the molecule is CCCCOc1ccc(C(=O)NC2CC(O)C2)cc1. The third-order valence-electron chi connectivity index (χ3n) is 3.33. The predicted octanol–water partition coefficient (Wildman–Crippen LogP) is 2.12. The first-order chi connectivity index (χ1) is 9.19. The number of carbonyl (C=O) groups excluding carboxylic acids is 1. The Kier molecular flexibility index (Phi) is 4.80. The van der Waals surface area contributed by atoms with Crippen molar-refractivity contribution in [2.75, 3.05) is 6.61 Å². The molecule has 0 bridgehead atoms. The summed E-state index contributed by atoms with van der Waals surface area (Å²) in [5, 5.41) is 12.1. The Labute approximate surface area is 113 Å². The minimum absolute atomic E-state index is 0.0861. The quantitative estimate of drug-likeness (QED) is 0.773. The number of ether oxygens (including phenoxy) is 1. The highest BCUT2D eigenvalue weighted by molar-refractivity contribution is 5.94. The molecule has 1 fully saturated rings. The molecule has 0 aromatic heterocycles. The van der Waals surface area contributed by atoms with Crippen molar-refractivity contribution in [1.29, 1.82) is 0 Å². The molecule has 0 radical (unpaired) electrons. The van der Waals surface area contributed by atoms with Crippen LogP contribution in [0.1, 0.15) is 43.0 Å². The summed E-state index contributed by atoms with van der Waals surface area (Å²) < 4.78 is 5.54. The monoisotopic (exact) mass is 263 g/mol. The number of unbranched alkanes of at least 4 members (excludes halogenated alkanes) is 1. The molecule has 0 heterocycles. The summed E-state index contributed by atoms with van der Waals surface area (Å²) in [5.41, 5.74) is 0.629. The molecular formula is C15H21NO3. The topological polar surface area (TPSA) is 58.6 Å². The summed E-state index contributed by atoms with van der Waals surface area (Å²) in [6.45, 7) is 2.83. The maximum Gasteiger partial charge on any atom is 0.251 e. The number of hydrogen-bond acceptors (Lipinski definition) is 3. The standard InChI is InChI=1S/C15H21NO3/c1-2-3-8-19-14-6-4-11(5-7-14)15(18)16-12-9-13(17)10-12/h4-7,12-13,17H,2-3,8-10H2,1H3,(H,16,18). The van der Waals surface area contributed by atoms with Crippen molar-refractivity contribution in [2.45, 2.75) is 44.8 Å². The number of amides is 1. The second-order valence-electron chi connectivity index (χ2n) is 5.02. The second-order valence-corrected chi connectivity index (χ2v) is 5.02. The fraction of sp³-hybridized carbons (Fsp3) is 0.533. The highest BCUT2D eigenvalue weighted by Gasteiger charge is 2.28. The van der Waals surface area contributed by atoms with E-state index in [2.05, 4.69) is 12.2 Å². The van der Waals surface area contributed by atoms with Crippen LogP contribution in [0.25, 0.3) is 0 Å². The average molecular weight is 263 g/mol. The lowest BCUT2D eigenvalue weighted by molar-refractivity contribution is 0.0562. The van der Waals surface area contributed by atoms with E-state index in [0.717, 1.165) is 18.6 Å². The van der Waals surface area contributed by atoms with Gasteiger partial charge in [0.2, 0.25) is 0 Å². The van der Waals surface area contributed by atoms with Crippen molar-refractivity contribution in [3.05, 3.63) is 29.8 Å². The van der Waals surface area contributed by atoms with Gasteiger partial charge in [0.25, 0.3) is 5.91 Å². The number of aliphatic hydroxyl groups is 1. The molecule has 1 aromatic carbocycles. The van der Waals surface area contributed by atoms with Crippen molar-refractivity contribution in [1.82, 2.24) is 5.32 Å². The molecule has 1 aliphatic carbocycles. The van der Waals surface area contributed by atoms with E-state index in [0.29, 0.717) is 25.0 Å². The van der Waals surface area contributed by atoms with Gasteiger partial charge in [-0.1, -0.05) is 13.3 Å². The zero-order chi connectivity index (χ0) is 13.7. The first kappa shape index (κ1) is 13.9. The Balaban J connectivity index is 1.81. The van der Waals surface area contributed by atoms with Gasteiger partial charge in [0.1, 0.15) is 5.75 Å². The van der Waals surface area contributed by atoms with Crippen molar-refractivity contribution in [3.8, 4) is 5.75 Å². The lowest BCUT2D eigenvalue weighted by Gasteiger charge is -2.31. The van der Waals surface area contributed by atoms with E-state index in [1.807, 2.05) is 12.1 Å². The molecule has 4 heteroatoms. The van der Waals surface area contributed by atoms with Crippen LogP contribution >= 0.6 is 0 Å². The summed E-state index contributed by atoms with van der Waals surface area (Å²) in [4.78, 5) is 11.9. The third-order valence-corrected chi connectivity index (χ3v) is 3.33. The largest absolute Gasteiger partial charge is 0.494 e. The van der Waals surface area contributed by atoms with Crippen LogP contribution in [0.4, 0.5) is 0 Å². The van der Waals surface area contributed by atoms with Crippen LogP contribution in [-0.2, 0) is 0 Å². The first-order valence-electron chi connectivity index (χ1n) is 6.91. The van der Waals surface area contributed by atoms with Crippen LogP contribution in [0.5, 0.6) is 5.75 Å². The summed E-state index contributed by atoms with van der Waals surface area (Å²) in [5.74, 6) is 0.709. The third kappa shape index (κ3) is 3.96. The zero-order valence-electron chi connectivity index (χ0n) is 11.3. The van der Waals surface area contributed by atoms with E-state index in [1.165, 1.54) is 0 Å². The van der Waals surface area contributed by atoms with Crippen LogP contribution in [0.3, 0.4) is 0 Å². The summed E-state index contributed by atoms with van der Waals surface area (Å²) in [6.07, 6.45) is 3.20. The van der Waals surface area contributed by atoms with E-state index in [4.69, 9.17) is 4.74 Å². The van der Waals surface area contributed by atoms with Gasteiger partial charge in [-0.3, -0.25) is 4.79 Å². The molecule has 0 saturated heterocycles. The number of nitrogens with one attached hydrogen (secondary N) is 1. The minimum atomic E-state index is -0.250. The van der Waals surface area contributed by atoms with E-state index in [9.17, 15) is 9.90 Å². The highest BCUT2D eigenvalue weighted by Crippen LogP contribution is 2.20. The smallest absolute Gasteiger partial charge is 0.251 e. The van der Waals surface area contributed by atoms with Crippen LogP contribution < -0.4 is 10.1 Å². The van der Waals surface area contributed by atoms with Gasteiger partial charge in [-0.15, -0.1) is 0 Å².